The highest BCUT2D eigenvalue weighted by atomic mass is 35.5. The Morgan fingerprint density at radius 1 is 1.28 bits per heavy atom. The number of aliphatic imine (C=N–C) groups is 1. The number of fused-ring (bicyclic) bond motifs is 1. The molecule has 8 nitrogen and oxygen atoms in total. The van der Waals surface area contributed by atoms with Crippen molar-refractivity contribution in [2.75, 3.05) is 23.8 Å². The molecule has 0 aliphatic carbocycles. The number of anilines is 1. The average Bonchev–Trinajstić information content (AvgIpc) is 3.27. The number of nitrogens with zero attached hydrogens (tertiary/aromatic N) is 2. The first kappa shape index (κ1) is 22.6. The number of benzene rings is 2. The van der Waals surface area contributed by atoms with E-state index >= 15 is 0 Å². The third-order valence-electron chi connectivity index (χ3n) is 5.10. The number of hydrazine groups is 1. The van der Waals surface area contributed by atoms with Gasteiger partial charge >= 0.3 is 0 Å². The molecule has 2 aliphatic heterocycles. The Kier molecular flexibility index (Phi) is 7.31. The molecule has 2 amide bonds. The van der Waals surface area contributed by atoms with E-state index in [1.54, 1.807) is 11.0 Å². The lowest BCUT2D eigenvalue weighted by molar-refractivity contribution is -0.121. The first-order chi connectivity index (χ1) is 15.6. The number of rotatable bonds is 7. The fourth-order valence-electron chi connectivity index (χ4n) is 3.48. The highest BCUT2D eigenvalue weighted by Gasteiger charge is 2.42. The summed E-state index contributed by atoms with van der Waals surface area (Å²) in [6.45, 7) is 3.31. The van der Waals surface area contributed by atoms with Crippen LogP contribution in [0.1, 0.15) is 12.5 Å². The number of amidine groups is 1. The largest absolute Gasteiger partial charge is 0.494 e. The van der Waals surface area contributed by atoms with Crippen molar-refractivity contribution in [2.24, 2.45) is 10.9 Å². The van der Waals surface area contributed by atoms with Crippen LogP contribution in [0.15, 0.2) is 53.5 Å². The average molecular weight is 474 g/mol. The summed E-state index contributed by atoms with van der Waals surface area (Å²) >= 11 is 7.38. The Bertz CT molecular complexity index is 1020. The van der Waals surface area contributed by atoms with E-state index in [1.165, 1.54) is 11.8 Å². The van der Waals surface area contributed by atoms with E-state index in [-0.39, 0.29) is 29.7 Å². The quantitative estimate of drug-likeness (QED) is 0.572. The number of ether oxygens (including phenoxy) is 1. The molecule has 32 heavy (non-hydrogen) atoms. The molecule has 0 bridgehead atoms. The van der Waals surface area contributed by atoms with Gasteiger partial charge in [-0.05, 0) is 42.8 Å². The Hall–Kier alpha value is -2.59. The third-order valence-corrected chi connectivity index (χ3v) is 6.43. The molecule has 2 aromatic carbocycles. The van der Waals surface area contributed by atoms with Crippen LogP contribution in [0.2, 0.25) is 5.02 Å². The molecule has 3 N–H and O–H groups in total. The Morgan fingerprint density at radius 3 is 2.81 bits per heavy atom. The molecule has 2 aromatic rings. The number of carbonyl (C=O) groups excluding carboxylic acids is 2. The minimum absolute atomic E-state index is 0.0642. The summed E-state index contributed by atoms with van der Waals surface area (Å²) in [7, 11) is 0. The minimum Gasteiger partial charge on any atom is -0.494 e. The summed E-state index contributed by atoms with van der Waals surface area (Å²) in [6.07, 6.45) is -0.352. The SMILES string of the molecule is CCOc1ccc(N2C(=O)C3CNNC3N=C2SCC(=O)NCc2ccccc2Cl)cc1. The van der Waals surface area contributed by atoms with Crippen LogP contribution in [-0.4, -0.2) is 42.1 Å². The molecule has 2 atom stereocenters. The number of hydrogen-bond donors (Lipinski definition) is 3. The maximum Gasteiger partial charge on any atom is 0.241 e. The lowest BCUT2D eigenvalue weighted by Gasteiger charge is -2.32. The second-order valence-electron chi connectivity index (χ2n) is 7.25. The van der Waals surface area contributed by atoms with Crippen LogP contribution >= 0.6 is 23.4 Å². The van der Waals surface area contributed by atoms with Crippen molar-refractivity contribution in [3.8, 4) is 5.75 Å². The fourth-order valence-corrected chi connectivity index (χ4v) is 4.56. The highest BCUT2D eigenvalue weighted by molar-refractivity contribution is 8.14. The zero-order valence-electron chi connectivity index (χ0n) is 17.5. The fraction of sp³-hybridized carbons (Fsp3) is 0.318. The first-order valence-corrected chi connectivity index (χ1v) is 11.7. The second kappa shape index (κ2) is 10.4. The summed E-state index contributed by atoms with van der Waals surface area (Å²) in [5.74, 6) is 0.310. The predicted octanol–water partition coefficient (Wildman–Crippen LogP) is 2.54. The molecule has 0 spiro atoms. The molecule has 2 heterocycles. The number of carbonyl (C=O) groups is 2. The standard InChI is InChI=1S/C22H24ClN5O3S/c1-2-31-16-9-7-15(8-10-16)28-21(30)17-12-25-27-20(17)26-22(28)32-13-19(29)24-11-14-5-3-4-6-18(14)23/h3-10,17,20,25,27H,2,11-13H2,1H3,(H,24,29). The van der Waals surface area contributed by atoms with Crippen molar-refractivity contribution in [2.45, 2.75) is 19.6 Å². The second-order valence-corrected chi connectivity index (χ2v) is 8.60. The van der Waals surface area contributed by atoms with Crippen molar-refractivity contribution in [1.29, 1.82) is 0 Å². The number of nitrogens with one attached hydrogen (secondary N) is 3. The van der Waals surface area contributed by atoms with E-state index in [9.17, 15) is 9.59 Å². The molecule has 0 saturated carbocycles. The van der Waals surface area contributed by atoms with E-state index in [1.807, 2.05) is 49.4 Å². The number of thioether (sulfide) groups is 1. The van der Waals surface area contributed by atoms with Crippen molar-refractivity contribution < 1.29 is 14.3 Å². The summed E-state index contributed by atoms with van der Waals surface area (Å²) in [5, 5.41) is 3.95. The van der Waals surface area contributed by atoms with Gasteiger partial charge in [-0.3, -0.25) is 19.9 Å². The normalized spacial score (nSPS) is 20.0. The molecule has 1 fully saturated rings. The van der Waals surface area contributed by atoms with E-state index in [2.05, 4.69) is 16.2 Å². The number of hydrogen-bond acceptors (Lipinski definition) is 7. The van der Waals surface area contributed by atoms with Gasteiger partial charge in [0.05, 0.1) is 24.0 Å². The molecule has 4 rings (SSSR count). The smallest absolute Gasteiger partial charge is 0.241 e. The topological polar surface area (TPSA) is 95.1 Å². The molecular formula is C22H24ClN5O3S. The van der Waals surface area contributed by atoms with Gasteiger partial charge in [-0.25, -0.2) is 10.4 Å². The minimum atomic E-state index is -0.352. The Labute approximate surface area is 195 Å². The highest BCUT2D eigenvalue weighted by Crippen LogP contribution is 2.30. The van der Waals surface area contributed by atoms with Gasteiger partial charge in [-0.2, -0.15) is 0 Å². The maximum atomic E-state index is 13.2. The van der Waals surface area contributed by atoms with Crippen LogP contribution in [-0.2, 0) is 16.1 Å². The third kappa shape index (κ3) is 5.07. The van der Waals surface area contributed by atoms with Crippen molar-refractivity contribution in [3.05, 3.63) is 59.1 Å². The lowest BCUT2D eigenvalue weighted by Crippen LogP contribution is -2.49. The van der Waals surface area contributed by atoms with Crippen molar-refractivity contribution in [1.82, 2.24) is 16.2 Å². The van der Waals surface area contributed by atoms with E-state index in [0.29, 0.717) is 35.6 Å². The molecule has 168 valence electrons. The van der Waals surface area contributed by atoms with Gasteiger partial charge in [0.1, 0.15) is 11.9 Å². The summed E-state index contributed by atoms with van der Waals surface area (Å²) in [6, 6.07) is 14.7. The molecule has 2 aliphatic rings. The number of amides is 2. The van der Waals surface area contributed by atoms with E-state index in [4.69, 9.17) is 21.3 Å². The molecular weight excluding hydrogens is 450 g/mol. The summed E-state index contributed by atoms with van der Waals surface area (Å²) in [5.41, 5.74) is 7.55. The van der Waals surface area contributed by atoms with Gasteiger partial charge in [0.25, 0.3) is 0 Å². The zero-order valence-corrected chi connectivity index (χ0v) is 19.1. The summed E-state index contributed by atoms with van der Waals surface area (Å²) in [4.78, 5) is 32.0. The van der Waals surface area contributed by atoms with Gasteiger partial charge in [-0.1, -0.05) is 41.6 Å². The van der Waals surface area contributed by atoms with Crippen LogP contribution in [0.3, 0.4) is 0 Å². The van der Waals surface area contributed by atoms with E-state index < -0.39 is 0 Å². The van der Waals surface area contributed by atoms with Crippen molar-refractivity contribution in [3.63, 3.8) is 0 Å². The monoisotopic (exact) mass is 473 g/mol. The van der Waals surface area contributed by atoms with Crippen LogP contribution in [0, 0.1) is 5.92 Å². The molecule has 10 heteroatoms. The van der Waals surface area contributed by atoms with E-state index in [0.717, 1.165) is 11.3 Å². The predicted molar refractivity (Wildman–Crippen MR) is 127 cm³/mol. The van der Waals surface area contributed by atoms with Gasteiger partial charge in [0, 0.05) is 18.1 Å². The Balaban J connectivity index is 1.46. The maximum absolute atomic E-state index is 13.2. The lowest BCUT2D eigenvalue weighted by atomic mass is 10.0. The first-order valence-electron chi connectivity index (χ1n) is 10.3. The summed E-state index contributed by atoms with van der Waals surface area (Å²) < 4.78 is 5.50. The van der Waals surface area contributed by atoms with Gasteiger partial charge in [0.15, 0.2) is 5.17 Å². The van der Waals surface area contributed by atoms with Gasteiger partial charge in [-0.15, -0.1) is 0 Å². The zero-order chi connectivity index (χ0) is 22.5. The van der Waals surface area contributed by atoms with Crippen LogP contribution in [0.4, 0.5) is 5.69 Å². The van der Waals surface area contributed by atoms with Gasteiger partial charge in [0.2, 0.25) is 11.8 Å². The number of halogens is 1. The Morgan fingerprint density at radius 2 is 2.06 bits per heavy atom. The molecule has 1 saturated heterocycles. The molecule has 0 radical (unpaired) electrons. The molecule has 0 aromatic heterocycles. The van der Waals surface area contributed by atoms with Crippen molar-refractivity contribution >= 4 is 46.0 Å². The van der Waals surface area contributed by atoms with Crippen LogP contribution in [0.5, 0.6) is 5.75 Å². The van der Waals surface area contributed by atoms with Gasteiger partial charge < -0.3 is 10.1 Å². The van der Waals surface area contributed by atoms with Crippen LogP contribution < -0.4 is 25.8 Å². The molecule has 2 unspecified atom stereocenters. The van der Waals surface area contributed by atoms with Crippen LogP contribution in [0.25, 0.3) is 0 Å².